The van der Waals surface area contributed by atoms with Gasteiger partial charge in [-0.15, -0.1) is 12.4 Å². The van der Waals surface area contributed by atoms with Gasteiger partial charge >= 0.3 is 0 Å². The van der Waals surface area contributed by atoms with E-state index < -0.39 is 0 Å². The Labute approximate surface area is 144 Å². The van der Waals surface area contributed by atoms with Crippen molar-refractivity contribution in [2.75, 3.05) is 26.2 Å². The summed E-state index contributed by atoms with van der Waals surface area (Å²) >= 11 is 0. The third-order valence-corrected chi connectivity index (χ3v) is 4.12. The second-order valence-corrected chi connectivity index (χ2v) is 5.82. The van der Waals surface area contributed by atoms with E-state index in [0.717, 1.165) is 38.9 Å². The van der Waals surface area contributed by atoms with Crippen molar-refractivity contribution >= 4 is 18.3 Å². The Morgan fingerprint density at radius 1 is 1.35 bits per heavy atom. The number of carbonyl (C=O) groups is 1. The molecular weight excluding hydrogens is 317 g/mol. The molecule has 0 bridgehead atoms. The maximum absolute atomic E-state index is 13.5. The first-order valence-corrected chi connectivity index (χ1v) is 8.15. The Balaban J connectivity index is 0.00000264. The Hall–Kier alpha value is -1.17. The van der Waals surface area contributed by atoms with Gasteiger partial charge < -0.3 is 10.6 Å². The number of halogens is 2. The van der Waals surface area contributed by atoms with Crippen LogP contribution in [-0.4, -0.2) is 43.0 Å². The van der Waals surface area contributed by atoms with Gasteiger partial charge in [0.1, 0.15) is 5.82 Å². The van der Waals surface area contributed by atoms with Crippen LogP contribution in [0.25, 0.3) is 0 Å². The maximum atomic E-state index is 13.5. The quantitative estimate of drug-likeness (QED) is 0.798. The molecule has 1 aliphatic heterocycles. The summed E-state index contributed by atoms with van der Waals surface area (Å²) in [6.45, 7) is 5.73. The van der Waals surface area contributed by atoms with Crippen molar-refractivity contribution in [3.63, 3.8) is 0 Å². The van der Waals surface area contributed by atoms with Crippen LogP contribution in [0.2, 0.25) is 0 Å². The Morgan fingerprint density at radius 3 is 2.70 bits per heavy atom. The SMILES string of the molecule is CCCN(CC(=O)NCc1ccccc1F)C1CCNCC1.Cl. The molecule has 1 amide bonds. The monoisotopic (exact) mass is 343 g/mol. The second kappa shape index (κ2) is 10.6. The highest BCUT2D eigenvalue weighted by Gasteiger charge is 2.22. The molecule has 4 nitrogen and oxygen atoms in total. The highest BCUT2D eigenvalue weighted by molar-refractivity contribution is 5.85. The van der Waals surface area contributed by atoms with Crippen molar-refractivity contribution in [2.24, 2.45) is 0 Å². The van der Waals surface area contributed by atoms with E-state index in [2.05, 4.69) is 22.5 Å². The molecule has 1 saturated heterocycles. The Kier molecular flexibility index (Phi) is 9.14. The van der Waals surface area contributed by atoms with Crippen LogP contribution >= 0.6 is 12.4 Å². The zero-order valence-corrected chi connectivity index (χ0v) is 14.5. The molecule has 1 aromatic carbocycles. The van der Waals surface area contributed by atoms with Crippen LogP contribution < -0.4 is 10.6 Å². The Bertz CT molecular complexity index is 481. The predicted octanol–water partition coefficient (Wildman–Crippen LogP) is 2.33. The van der Waals surface area contributed by atoms with Gasteiger partial charge in [-0.1, -0.05) is 25.1 Å². The van der Waals surface area contributed by atoms with Crippen LogP contribution in [0.1, 0.15) is 31.7 Å². The van der Waals surface area contributed by atoms with E-state index in [4.69, 9.17) is 0 Å². The summed E-state index contributed by atoms with van der Waals surface area (Å²) < 4.78 is 13.5. The van der Waals surface area contributed by atoms with Crippen LogP contribution in [-0.2, 0) is 11.3 Å². The highest BCUT2D eigenvalue weighted by atomic mass is 35.5. The van der Waals surface area contributed by atoms with Gasteiger partial charge in [0, 0.05) is 18.2 Å². The number of hydrogen-bond acceptors (Lipinski definition) is 3. The lowest BCUT2D eigenvalue weighted by molar-refractivity contribution is -0.123. The first-order chi connectivity index (χ1) is 10.7. The normalized spacial score (nSPS) is 15.3. The summed E-state index contributed by atoms with van der Waals surface area (Å²) in [7, 11) is 0. The first-order valence-electron chi connectivity index (χ1n) is 8.15. The molecule has 0 saturated carbocycles. The second-order valence-electron chi connectivity index (χ2n) is 5.82. The standard InChI is InChI=1S/C17H26FN3O.ClH/c1-2-11-21(15-7-9-19-10-8-15)13-17(22)20-12-14-5-3-4-6-16(14)18;/h3-6,15,19H,2,7-13H2,1H3,(H,20,22);1H. The van der Waals surface area contributed by atoms with Crippen LogP contribution in [0.5, 0.6) is 0 Å². The van der Waals surface area contributed by atoms with Crippen LogP contribution in [0.4, 0.5) is 4.39 Å². The molecule has 130 valence electrons. The number of amides is 1. The summed E-state index contributed by atoms with van der Waals surface area (Å²) in [5, 5.41) is 6.18. The smallest absolute Gasteiger partial charge is 0.234 e. The highest BCUT2D eigenvalue weighted by Crippen LogP contribution is 2.12. The summed E-state index contributed by atoms with van der Waals surface area (Å²) in [6.07, 6.45) is 3.20. The molecule has 1 fully saturated rings. The average Bonchev–Trinajstić information content (AvgIpc) is 2.54. The molecule has 6 heteroatoms. The minimum atomic E-state index is -0.272. The molecule has 2 N–H and O–H groups in total. The zero-order valence-electron chi connectivity index (χ0n) is 13.7. The van der Waals surface area contributed by atoms with Gasteiger partial charge in [-0.05, 0) is 45.0 Å². The van der Waals surface area contributed by atoms with Gasteiger partial charge in [0.05, 0.1) is 6.54 Å². The molecule has 1 aromatic rings. The molecule has 0 unspecified atom stereocenters. The van der Waals surface area contributed by atoms with Gasteiger partial charge in [0.2, 0.25) is 5.91 Å². The molecule has 0 radical (unpaired) electrons. The first kappa shape index (κ1) is 19.9. The van der Waals surface area contributed by atoms with Gasteiger partial charge in [0.25, 0.3) is 0 Å². The van der Waals surface area contributed by atoms with E-state index in [1.54, 1.807) is 18.2 Å². The van der Waals surface area contributed by atoms with Gasteiger partial charge in [0.15, 0.2) is 0 Å². The fourth-order valence-corrected chi connectivity index (χ4v) is 2.93. The number of benzene rings is 1. The van der Waals surface area contributed by atoms with E-state index in [1.807, 2.05) is 0 Å². The predicted molar refractivity (Wildman–Crippen MR) is 93.3 cm³/mol. The zero-order chi connectivity index (χ0) is 15.8. The maximum Gasteiger partial charge on any atom is 0.234 e. The van der Waals surface area contributed by atoms with E-state index >= 15 is 0 Å². The molecule has 2 rings (SSSR count). The summed E-state index contributed by atoms with van der Waals surface area (Å²) in [4.78, 5) is 14.4. The van der Waals surface area contributed by atoms with Crippen LogP contribution in [0, 0.1) is 5.82 Å². The molecular formula is C17H27ClFN3O. The molecule has 0 aliphatic carbocycles. The van der Waals surface area contributed by atoms with E-state index in [1.165, 1.54) is 6.07 Å². The number of hydrogen-bond donors (Lipinski definition) is 2. The summed E-state index contributed by atoms with van der Waals surface area (Å²) in [5.41, 5.74) is 0.528. The number of nitrogens with one attached hydrogen (secondary N) is 2. The van der Waals surface area contributed by atoms with Gasteiger partial charge in [-0.25, -0.2) is 4.39 Å². The van der Waals surface area contributed by atoms with E-state index in [9.17, 15) is 9.18 Å². The third kappa shape index (κ3) is 6.45. The fourth-order valence-electron chi connectivity index (χ4n) is 2.93. The molecule has 1 heterocycles. The van der Waals surface area contributed by atoms with Crippen molar-refractivity contribution in [2.45, 2.75) is 38.8 Å². The van der Waals surface area contributed by atoms with Crippen LogP contribution in [0.15, 0.2) is 24.3 Å². The lowest BCUT2D eigenvalue weighted by Gasteiger charge is -2.34. The molecule has 23 heavy (non-hydrogen) atoms. The van der Waals surface area contributed by atoms with E-state index in [0.29, 0.717) is 18.2 Å². The topological polar surface area (TPSA) is 44.4 Å². The van der Waals surface area contributed by atoms with Gasteiger partial charge in [-0.2, -0.15) is 0 Å². The summed E-state index contributed by atoms with van der Waals surface area (Å²) in [6, 6.07) is 7.02. The fraction of sp³-hybridized carbons (Fsp3) is 0.588. The van der Waals surface area contributed by atoms with Crippen molar-refractivity contribution in [3.05, 3.63) is 35.6 Å². The molecule has 0 atom stereocenters. The minimum absolute atomic E-state index is 0. The molecule has 1 aliphatic rings. The van der Waals surface area contributed by atoms with Crippen molar-refractivity contribution in [1.29, 1.82) is 0 Å². The Morgan fingerprint density at radius 2 is 2.04 bits per heavy atom. The van der Waals surface area contributed by atoms with Crippen molar-refractivity contribution in [3.8, 4) is 0 Å². The molecule has 0 spiro atoms. The van der Waals surface area contributed by atoms with Crippen molar-refractivity contribution in [1.82, 2.24) is 15.5 Å². The number of piperidine rings is 1. The van der Waals surface area contributed by atoms with Crippen molar-refractivity contribution < 1.29 is 9.18 Å². The lowest BCUT2D eigenvalue weighted by Crippen LogP contribution is -2.47. The van der Waals surface area contributed by atoms with Gasteiger partial charge in [-0.3, -0.25) is 9.69 Å². The van der Waals surface area contributed by atoms with E-state index in [-0.39, 0.29) is 30.7 Å². The third-order valence-electron chi connectivity index (χ3n) is 4.12. The summed E-state index contributed by atoms with van der Waals surface area (Å²) in [5.74, 6) is -0.304. The number of carbonyl (C=O) groups excluding carboxylic acids is 1. The number of nitrogens with zero attached hydrogens (tertiary/aromatic N) is 1. The average molecular weight is 344 g/mol. The largest absolute Gasteiger partial charge is 0.351 e. The minimum Gasteiger partial charge on any atom is -0.351 e. The lowest BCUT2D eigenvalue weighted by atomic mass is 10.0. The number of rotatable bonds is 7. The van der Waals surface area contributed by atoms with Crippen LogP contribution in [0.3, 0.4) is 0 Å². The molecule has 0 aromatic heterocycles.